The van der Waals surface area contributed by atoms with Gasteiger partial charge in [-0.3, -0.25) is 4.79 Å². The second-order valence-electron chi connectivity index (χ2n) is 4.67. The molecule has 0 radical (unpaired) electrons. The third kappa shape index (κ3) is 2.41. The summed E-state index contributed by atoms with van der Waals surface area (Å²) >= 11 is 0. The van der Waals surface area contributed by atoms with Gasteiger partial charge in [0.1, 0.15) is 0 Å². The van der Waals surface area contributed by atoms with E-state index in [4.69, 9.17) is 14.2 Å². The van der Waals surface area contributed by atoms with Crippen LogP contribution in [-0.2, 0) is 9.53 Å². The van der Waals surface area contributed by atoms with Crippen LogP contribution in [0.1, 0.15) is 36.0 Å². The highest BCUT2D eigenvalue weighted by Gasteiger charge is 2.27. The van der Waals surface area contributed by atoms with Crippen molar-refractivity contribution >= 4 is 11.8 Å². The van der Waals surface area contributed by atoms with Gasteiger partial charge in [-0.1, -0.05) is 0 Å². The molecule has 1 aromatic carbocycles. The molecule has 100 valence electrons. The van der Waals surface area contributed by atoms with Crippen molar-refractivity contribution in [3.8, 4) is 11.5 Å². The van der Waals surface area contributed by atoms with E-state index in [1.165, 1.54) is 0 Å². The largest absolute Gasteiger partial charge is 0.454 e. The lowest BCUT2D eigenvalue weighted by molar-refractivity contribution is -0.129. The van der Waals surface area contributed by atoms with Gasteiger partial charge in [-0.25, -0.2) is 4.79 Å². The first kappa shape index (κ1) is 12.0. The van der Waals surface area contributed by atoms with E-state index in [0.29, 0.717) is 29.9 Å². The molecule has 1 aromatic rings. The molecule has 0 spiro atoms. The average Bonchev–Trinajstić information content (AvgIpc) is 2.88. The number of ketones is 1. The molecule has 0 saturated heterocycles. The van der Waals surface area contributed by atoms with Crippen molar-refractivity contribution < 1.29 is 23.8 Å². The number of Topliss-reactive ketones (excluding diaryl/α,β-unsaturated/α-hetero) is 1. The van der Waals surface area contributed by atoms with Crippen molar-refractivity contribution in [1.29, 1.82) is 0 Å². The lowest BCUT2D eigenvalue weighted by atomic mass is 9.96. The summed E-state index contributed by atoms with van der Waals surface area (Å²) < 4.78 is 15.6. The molecule has 2 aliphatic rings. The Hall–Kier alpha value is -2.04. The summed E-state index contributed by atoms with van der Waals surface area (Å²) in [6, 6.07) is 4.86. The Kier molecular flexibility index (Phi) is 3.11. The lowest BCUT2D eigenvalue weighted by Crippen LogP contribution is -2.30. The van der Waals surface area contributed by atoms with Gasteiger partial charge in [0.05, 0.1) is 5.56 Å². The van der Waals surface area contributed by atoms with Crippen molar-refractivity contribution in [3.05, 3.63) is 23.8 Å². The Morgan fingerprint density at radius 1 is 1.21 bits per heavy atom. The zero-order valence-corrected chi connectivity index (χ0v) is 10.4. The Labute approximate surface area is 110 Å². The molecule has 0 amide bonds. The SMILES string of the molecule is O=C(OC1CCCCC1=O)c1ccc2c(c1)OCO2. The predicted molar refractivity (Wildman–Crippen MR) is 65.2 cm³/mol. The number of ether oxygens (including phenoxy) is 3. The van der Waals surface area contributed by atoms with E-state index >= 15 is 0 Å². The molecule has 1 heterocycles. The lowest BCUT2D eigenvalue weighted by Gasteiger charge is -2.20. The van der Waals surface area contributed by atoms with Crippen LogP contribution >= 0.6 is 0 Å². The summed E-state index contributed by atoms with van der Waals surface area (Å²) in [6.07, 6.45) is 2.34. The molecule has 5 heteroatoms. The molecule has 0 aromatic heterocycles. The fourth-order valence-electron chi connectivity index (χ4n) is 2.30. The molecular weight excluding hydrogens is 248 g/mol. The quantitative estimate of drug-likeness (QED) is 0.764. The van der Waals surface area contributed by atoms with Crippen molar-refractivity contribution in [2.45, 2.75) is 31.8 Å². The second kappa shape index (κ2) is 4.91. The first-order valence-corrected chi connectivity index (χ1v) is 6.37. The summed E-state index contributed by atoms with van der Waals surface area (Å²) in [5.74, 6) is 0.675. The van der Waals surface area contributed by atoms with Crippen LogP contribution in [0.3, 0.4) is 0 Å². The third-order valence-corrected chi connectivity index (χ3v) is 3.36. The summed E-state index contributed by atoms with van der Waals surface area (Å²) in [4.78, 5) is 23.6. The molecule has 19 heavy (non-hydrogen) atoms. The van der Waals surface area contributed by atoms with E-state index in [9.17, 15) is 9.59 Å². The molecule has 1 atom stereocenters. The van der Waals surface area contributed by atoms with E-state index in [2.05, 4.69) is 0 Å². The number of hydrogen-bond donors (Lipinski definition) is 0. The average molecular weight is 262 g/mol. The van der Waals surface area contributed by atoms with Crippen molar-refractivity contribution in [1.82, 2.24) is 0 Å². The van der Waals surface area contributed by atoms with E-state index in [1.54, 1.807) is 18.2 Å². The van der Waals surface area contributed by atoms with Gasteiger partial charge in [0.15, 0.2) is 23.4 Å². The van der Waals surface area contributed by atoms with Gasteiger partial charge in [0, 0.05) is 6.42 Å². The number of esters is 1. The maximum absolute atomic E-state index is 12.0. The van der Waals surface area contributed by atoms with Crippen molar-refractivity contribution in [2.24, 2.45) is 0 Å². The van der Waals surface area contributed by atoms with Gasteiger partial charge >= 0.3 is 5.97 Å². The van der Waals surface area contributed by atoms with Crippen molar-refractivity contribution in [2.75, 3.05) is 6.79 Å². The van der Waals surface area contributed by atoms with Gasteiger partial charge in [-0.15, -0.1) is 0 Å². The number of carbonyl (C=O) groups is 2. The third-order valence-electron chi connectivity index (χ3n) is 3.36. The molecule has 1 unspecified atom stereocenters. The summed E-state index contributed by atoms with van der Waals surface area (Å²) in [6.45, 7) is 0.162. The van der Waals surface area contributed by atoms with E-state index in [-0.39, 0.29) is 12.6 Å². The Morgan fingerprint density at radius 3 is 2.89 bits per heavy atom. The molecule has 1 aliphatic heterocycles. The first-order chi connectivity index (χ1) is 9.24. The maximum atomic E-state index is 12.0. The molecule has 5 nitrogen and oxygen atoms in total. The number of benzene rings is 1. The highest BCUT2D eigenvalue weighted by atomic mass is 16.7. The van der Waals surface area contributed by atoms with E-state index < -0.39 is 12.1 Å². The predicted octanol–water partition coefficient (Wildman–Crippen LogP) is 2.08. The molecule has 1 fully saturated rings. The number of fused-ring (bicyclic) bond motifs is 1. The van der Waals surface area contributed by atoms with Gasteiger partial charge in [-0.05, 0) is 37.5 Å². The van der Waals surface area contributed by atoms with Crippen molar-refractivity contribution in [3.63, 3.8) is 0 Å². The highest BCUT2D eigenvalue weighted by molar-refractivity contribution is 5.93. The fourth-order valence-corrected chi connectivity index (χ4v) is 2.30. The van der Waals surface area contributed by atoms with E-state index in [1.807, 2.05) is 0 Å². The monoisotopic (exact) mass is 262 g/mol. The van der Waals surface area contributed by atoms with Gasteiger partial charge in [-0.2, -0.15) is 0 Å². The number of carbonyl (C=O) groups excluding carboxylic acids is 2. The Bertz CT molecular complexity index is 523. The second-order valence-corrected chi connectivity index (χ2v) is 4.67. The van der Waals surface area contributed by atoms with Gasteiger partial charge < -0.3 is 14.2 Å². The zero-order chi connectivity index (χ0) is 13.2. The molecule has 1 saturated carbocycles. The topological polar surface area (TPSA) is 61.8 Å². The molecule has 1 aliphatic carbocycles. The maximum Gasteiger partial charge on any atom is 0.338 e. The standard InChI is InChI=1S/C14H14O5/c15-10-3-1-2-4-11(10)19-14(16)9-5-6-12-13(7-9)18-8-17-12/h5-7,11H,1-4,8H2. The minimum atomic E-state index is -0.591. The summed E-state index contributed by atoms with van der Waals surface area (Å²) in [5, 5.41) is 0. The molecular formula is C14H14O5. The molecule has 0 N–H and O–H groups in total. The van der Waals surface area contributed by atoms with Crippen LogP contribution in [0.15, 0.2) is 18.2 Å². The van der Waals surface area contributed by atoms with Crippen LogP contribution in [0.4, 0.5) is 0 Å². The van der Waals surface area contributed by atoms with Gasteiger partial charge in [0.25, 0.3) is 0 Å². The van der Waals surface area contributed by atoms with Gasteiger partial charge in [0.2, 0.25) is 6.79 Å². The van der Waals surface area contributed by atoms with Crippen LogP contribution in [-0.4, -0.2) is 24.6 Å². The first-order valence-electron chi connectivity index (χ1n) is 6.37. The zero-order valence-electron chi connectivity index (χ0n) is 10.4. The van der Waals surface area contributed by atoms with Crippen LogP contribution in [0.25, 0.3) is 0 Å². The normalized spacial score (nSPS) is 21.3. The van der Waals surface area contributed by atoms with E-state index in [0.717, 1.165) is 12.8 Å². The molecule has 3 rings (SSSR count). The minimum absolute atomic E-state index is 0.0142. The highest BCUT2D eigenvalue weighted by Crippen LogP contribution is 2.32. The fraction of sp³-hybridized carbons (Fsp3) is 0.429. The minimum Gasteiger partial charge on any atom is -0.454 e. The van der Waals surface area contributed by atoms with Crippen LogP contribution in [0, 0.1) is 0 Å². The number of hydrogen-bond acceptors (Lipinski definition) is 5. The Morgan fingerprint density at radius 2 is 2.05 bits per heavy atom. The van der Waals surface area contributed by atoms with Crippen LogP contribution < -0.4 is 9.47 Å². The van der Waals surface area contributed by atoms with Crippen LogP contribution in [0.2, 0.25) is 0 Å². The summed E-state index contributed by atoms with van der Waals surface area (Å²) in [7, 11) is 0. The van der Waals surface area contributed by atoms with Crippen LogP contribution in [0.5, 0.6) is 11.5 Å². The Balaban J connectivity index is 1.71. The number of rotatable bonds is 2. The summed E-state index contributed by atoms with van der Waals surface area (Å²) in [5.41, 5.74) is 0.377. The molecule has 0 bridgehead atoms. The smallest absolute Gasteiger partial charge is 0.338 e.